The van der Waals surface area contributed by atoms with Gasteiger partial charge in [0.15, 0.2) is 0 Å². The minimum atomic E-state index is -1.82. The normalized spacial score (nSPS) is 18.1. The summed E-state index contributed by atoms with van der Waals surface area (Å²) < 4.78 is 0. The van der Waals surface area contributed by atoms with E-state index in [2.05, 4.69) is 12.2 Å². The summed E-state index contributed by atoms with van der Waals surface area (Å²) in [5.74, 6) is -3.97. The van der Waals surface area contributed by atoms with Crippen LogP contribution in [-0.4, -0.2) is 52.6 Å². The molecule has 0 aromatic heterocycles. The number of carboxylic acids is 2. The third-order valence-electron chi connectivity index (χ3n) is 4.71. The number of hydrogen-bond acceptors (Lipinski definition) is 5. The van der Waals surface area contributed by atoms with Crippen molar-refractivity contribution in [1.82, 2.24) is 5.32 Å². The zero-order valence-electron chi connectivity index (χ0n) is 16.9. The molecule has 9 nitrogen and oxygen atoms in total. The van der Waals surface area contributed by atoms with Gasteiger partial charge in [0.2, 0.25) is 11.8 Å². The molecule has 29 heavy (non-hydrogen) atoms. The van der Waals surface area contributed by atoms with Gasteiger partial charge in [-0.1, -0.05) is 45.4 Å². The molecule has 1 aromatic carbocycles. The van der Waals surface area contributed by atoms with Crippen LogP contribution in [0, 0.1) is 0 Å². The van der Waals surface area contributed by atoms with Crippen LogP contribution in [0.4, 0.5) is 5.69 Å². The Labute approximate surface area is 169 Å². The number of hydrogen-bond donors (Lipinski definition) is 4. The summed E-state index contributed by atoms with van der Waals surface area (Å²) in [5.41, 5.74) is 7.80. The summed E-state index contributed by atoms with van der Waals surface area (Å²) in [6, 6.07) is 6.60. The molecular weight excluding hydrogens is 378 g/mol. The lowest BCUT2D eigenvalue weighted by Crippen LogP contribution is -2.53. The Bertz CT molecular complexity index is 739. The standard InChI is InChI=1S/C18H27N3O2.C2H2O4/c1-4-6-11-20-17(22)16-12(3)13-9-7-8-10-15(13)21(16)18(23)14(19)5-2;3-1(4)2(5)6/h7-10,12,14,16H,4-6,11,19H2,1-3H3,(H,20,22);(H,3,4)(H,5,6)/t12-,14+,16-;/m1./s1. The first-order valence-corrected chi connectivity index (χ1v) is 9.58. The molecule has 160 valence electrons. The van der Waals surface area contributed by atoms with Gasteiger partial charge in [-0.3, -0.25) is 14.5 Å². The molecule has 0 saturated carbocycles. The average molecular weight is 407 g/mol. The number of rotatable bonds is 6. The Kier molecular flexibility index (Phi) is 9.27. The maximum absolute atomic E-state index is 12.8. The lowest BCUT2D eigenvalue weighted by Gasteiger charge is -2.28. The zero-order chi connectivity index (χ0) is 22.1. The van der Waals surface area contributed by atoms with E-state index in [0.717, 1.165) is 24.1 Å². The molecule has 1 aliphatic heterocycles. The Hall–Kier alpha value is -2.94. The van der Waals surface area contributed by atoms with Gasteiger partial charge >= 0.3 is 11.9 Å². The third-order valence-corrected chi connectivity index (χ3v) is 4.71. The Balaban J connectivity index is 0.000000612. The minimum Gasteiger partial charge on any atom is -0.473 e. The molecule has 1 heterocycles. The first-order chi connectivity index (χ1) is 13.7. The smallest absolute Gasteiger partial charge is 0.414 e. The van der Waals surface area contributed by atoms with Crippen LogP contribution in [0.15, 0.2) is 24.3 Å². The van der Waals surface area contributed by atoms with Crippen molar-refractivity contribution >= 4 is 29.4 Å². The number of nitrogens with two attached hydrogens (primary N) is 1. The molecule has 0 radical (unpaired) electrons. The lowest BCUT2D eigenvalue weighted by atomic mass is 9.96. The minimum absolute atomic E-state index is 0.0409. The van der Waals surface area contributed by atoms with Gasteiger partial charge in [0.05, 0.1) is 6.04 Å². The van der Waals surface area contributed by atoms with Crippen LogP contribution in [0.1, 0.15) is 51.5 Å². The second-order valence-electron chi connectivity index (χ2n) is 6.77. The van der Waals surface area contributed by atoms with E-state index in [9.17, 15) is 9.59 Å². The molecule has 0 saturated heterocycles. The van der Waals surface area contributed by atoms with Crippen molar-refractivity contribution in [1.29, 1.82) is 0 Å². The molecule has 3 atom stereocenters. The number of unbranched alkanes of at least 4 members (excludes halogenated alkanes) is 1. The predicted octanol–water partition coefficient (Wildman–Crippen LogP) is 1.31. The molecule has 5 N–H and O–H groups in total. The molecule has 0 aliphatic carbocycles. The first kappa shape index (κ1) is 24.1. The van der Waals surface area contributed by atoms with Crippen LogP contribution in [0.3, 0.4) is 0 Å². The van der Waals surface area contributed by atoms with Crippen molar-refractivity contribution in [2.24, 2.45) is 5.73 Å². The van der Waals surface area contributed by atoms with Crippen LogP contribution in [-0.2, 0) is 19.2 Å². The van der Waals surface area contributed by atoms with Crippen LogP contribution in [0.25, 0.3) is 0 Å². The van der Waals surface area contributed by atoms with Crippen LogP contribution in [0.2, 0.25) is 0 Å². The number of aliphatic carboxylic acids is 2. The van der Waals surface area contributed by atoms with E-state index < -0.39 is 24.0 Å². The summed E-state index contributed by atoms with van der Waals surface area (Å²) in [7, 11) is 0. The van der Waals surface area contributed by atoms with Crippen molar-refractivity contribution in [3.05, 3.63) is 29.8 Å². The number of carbonyl (C=O) groups is 4. The SMILES string of the molecule is CCCCNC(=O)[C@H]1[C@H](C)c2ccccc2N1C(=O)[C@@H](N)CC.O=C(O)C(=O)O. The summed E-state index contributed by atoms with van der Waals surface area (Å²) in [6.07, 6.45) is 2.50. The van der Waals surface area contributed by atoms with Crippen molar-refractivity contribution in [3.8, 4) is 0 Å². The van der Waals surface area contributed by atoms with Gasteiger partial charge in [-0.25, -0.2) is 9.59 Å². The van der Waals surface area contributed by atoms with Crippen LogP contribution < -0.4 is 16.0 Å². The largest absolute Gasteiger partial charge is 0.473 e. The fraction of sp³-hybridized carbons (Fsp3) is 0.500. The first-order valence-electron chi connectivity index (χ1n) is 9.58. The summed E-state index contributed by atoms with van der Waals surface area (Å²) in [5, 5.41) is 17.7. The molecule has 1 aromatic rings. The number of amides is 2. The highest BCUT2D eigenvalue weighted by Crippen LogP contribution is 2.41. The zero-order valence-corrected chi connectivity index (χ0v) is 16.9. The third kappa shape index (κ3) is 6.02. The Morgan fingerprint density at radius 3 is 2.24 bits per heavy atom. The molecule has 0 unspecified atom stereocenters. The van der Waals surface area contributed by atoms with Crippen LogP contribution >= 0.6 is 0 Å². The van der Waals surface area contributed by atoms with E-state index in [1.54, 1.807) is 4.90 Å². The second kappa shape index (κ2) is 11.2. The number of carbonyl (C=O) groups excluding carboxylic acids is 2. The molecule has 2 amide bonds. The van der Waals surface area contributed by atoms with Crippen LogP contribution in [0.5, 0.6) is 0 Å². The molecule has 9 heteroatoms. The number of anilines is 1. The molecule has 0 spiro atoms. The lowest BCUT2D eigenvalue weighted by molar-refractivity contribution is -0.159. The fourth-order valence-corrected chi connectivity index (χ4v) is 3.08. The highest BCUT2D eigenvalue weighted by atomic mass is 16.4. The van der Waals surface area contributed by atoms with Gasteiger partial charge in [-0.05, 0) is 24.5 Å². The topological polar surface area (TPSA) is 150 Å². The van der Waals surface area contributed by atoms with E-state index in [-0.39, 0.29) is 17.7 Å². The van der Waals surface area contributed by atoms with Crippen molar-refractivity contribution < 1.29 is 29.4 Å². The van der Waals surface area contributed by atoms with Crippen molar-refractivity contribution in [2.45, 2.75) is 58.0 Å². The number of carboxylic acid groups (broad SMARTS) is 2. The quantitative estimate of drug-likeness (QED) is 0.410. The van der Waals surface area contributed by atoms with E-state index in [1.807, 2.05) is 38.1 Å². The summed E-state index contributed by atoms with van der Waals surface area (Å²) in [4.78, 5) is 45.2. The number of fused-ring (bicyclic) bond motifs is 1. The van der Waals surface area contributed by atoms with E-state index in [4.69, 9.17) is 25.5 Å². The van der Waals surface area contributed by atoms with Gasteiger partial charge in [-0.2, -0.15) is 0 Å². The predicted molar refractivity (Wildman–Crippen MR) is 108 cm³/mol. The Morgan fingerprint density at radius 1 is 1.14 bits per heavy atom. The van der Waals surface area contributed by atoms with E-state index in [0.29, 0.717) is 13.0 Å². The van der Waals surface area contributed by atoms with Gasteiger partial charge in [0.1, 0.15) is 6.04 Å². The van der Waals surface area contributed by atoms with E-state index in [1.165, 1.54) is 0 Å². The molecular formula is C20H29N3O6. The number of nitrogens with one attached hydrogen (secondary N) is 1. The van der Waals surface area contributed by atoms with Crippen molar-refractivity contribution in [3.63, 3.8) is 0 Å². The monoisotopic (exact) mass is 407 g/mol. The number of benzene rings is 1. The molecule has 0 bridgehead atoms. The highest BCUT2D eigenvalue weighted by molar-refractivity contribution is 6.27. The van der Waals surface area contributed by atoms with Gasteiger partial charge < -0.3 is 21.3 Å². The average Bonchev–Trinajstić information content (AvgIpc) is 3.00. The maximum Gasteiger partial charge on any atom is 0.414 e. The van der Waals surface area contributed by atoms with E-state index >= 15 is 0 Å². The Morgan fingerprint density at radius 2 is 1.72 bits per heavy atom. The molecule has 1 aliphatic rings. The van der Waals surface area contributed by atoms with Gasteiger partial charge in [-0.15, -0.1) is 0 Å². The van der Waals surface area contributed by atoms with Crippen molar-refractivity contribution in [2.75, 3.05) is 11.4 Å². The second-order valence-corrected chi connectivity index (χ2v) is 6.77. The number of nitrogens with zero attached hydrogens (tertiary/aromatic N) is 1. The molecule has 0 fully saturated rings. The maximum atomic E-state index is 12.8. The highest BCUT2D eigenvalue weighted by Gasteiger charge is 2.44. The number of para-hydroxylation sites is 1. The molecule has 2 rings (SSSR count). The fourth-order valence-electron chi connectivity index (χ4n) is 3.08. The van der Waals surface area contributed by atoms with Gasteiger partial charge in [0, 0.05) is 18.2 Å². The van der Waals surface area contributed by atoms with Gasteiger partial charge in [0.25, 0.3) is 0 Å². The summed E-state index contributed by atoms with van der Waals surface area (Å²) in [6.45, 7) is 6.59. The summed E-state index contributed by atoms with van der Waals surface area (Å²) >= 11 is 0.